The SMILES string of the molecule is CCCCc1cn(C2C(CC)CC2C(=O)O)c(=O)n1Cc1ccc(-c2ccccc2-c2nnn[nH]2)cn1. The van der Waals surface area contributed by atoms with Crippen molar-refractivity contribution >= 4 is 5.97 Å². The van der Waals surface area contributed by atoms with Crippen molar-refractivity contribution in [2.24, 2.45) is 11.8 Å². The topological polar surface area (TPSA) is 132 Å². The van der Waals surface area contributed by atoms with E-state index >= 15 is 0 Å². The summed E-state index contributed by atoms with van der Waals surface area (Å²) in [5, 5.41) is 23.9. The zero-order valence-corrected chi connectivity index (χ0v) is 21.0. The number of imidazole rings is 1. The second-order valence-corrected chi connectivity index (χ2v) is 9.67. The van der Waals surface area contributed by atoms with Crippen molar-refractivity contribution < 1.29 is 9.90 Å². The first-order valence-corrected chi connectivity index (χ1v) is 12.8. The Morgan fingerprint density at radius 1 is 1.16 bits per heavy atom. The highest BCUT2D eigenvalue weighted by Gasteiger charge is 2.46. The summed E-state index contributed by atoms with van der Waals surface area (Å²) >= 11 is 0. The molecule has 10 nitrogen and oxygen atoms in total. The first-order chi connectivity index (χ1) is 18.0. The van der Waals surface area contributed by atoms with Gasteiger partial charge in [0.1, 0.15) is 0 Å². The van der Waals surface area contributed by atoms with Crippen LogP contribution in [0.3, 0.4) is 0 Å². The normalized spacial score (nSPS) is 19.0. The summed E-state index contributed by atoms with van der Waals surface area (Å²) < 4.78 is 3.44. The molecule has 3 unspecified atom stereocenters. The van der Waals surface area contributed by atoms with Gasteiger partial charge in [-0.25, -0.2) is 9.89 Å². The smallest absolute Gasteiger partial charge is 0.328 e. The third-order valence-electron chi connectivity index (χ3n) is 7.47. The van der Waals surface area contributed by atoms with Crippen LogP contribution in [0.15, 0.2) is 53.6 Å². The van der Waals surface area contributed by atoms with Crippen LogP contribution >= 0.6 is 0 Å². The number of benzene rings is 1. The molecule has 3 atom stereocenters. The Kier molecular flexibility index (Phi) is 6.98. The van der Waals surface area contributed by atoms with Crippen LogP contribution in [0.1, 0.15) is 57.0 Å². The molecule has 1 fully saturated rings. The van der Waals surface area contributed by atoms with Gasteiger partial charge >= 0.3 is 11.7 Å². The lowest BCUT2D eigenvalue weighted by molar-refractivity contribution is -0.150. The maximum absolute atomic E-state index is 13.6. The lowest BCUT2D eigenvalue weighted by Gasteiger charge is -2.42. The maximum Gasteiger partial charge on any atom is 0.328 e. The molecule has 192 valence electrons. The molecule has 2 N–H and O–H groups in total. The third-order valence-corrected chi connectivity index (χ3v) is 7.47. The van der Waals surface area contributed by atoms with Crippen LogP contribution in [0.4, 0.5) is 0 Å². The number of unbranched alkanes of at least 4 members (excludes halogenated alkanes) is 1. The number of pyridine rings is 1. The minimum absolute atomic E-state index is 0.158. The molecule has 0 saturated heterocycles. The van der Waals surface area contributed by atoms with Crippen molar-refractivity contribution in [3.8, 4) is 22.5 Å². The number of nitrogens with one attached hydrogen (secondary N) is 1. The van der Waals surface area contributed by atoms with Gasteiger partial charge in [0.15, 0.2) is 5.82 Å². The van der Waals surface area contributed by atoms with Gasteiger partial charge in [-0.15, -0.1) is 5.10 Å². The van der Waals surface area contributed by atoms with Gasteiger partial charge in [0.25, 0.3) is 0 Å². The van der Waals surface area contributed by atoms with Crippen LogP contribution < -0.4 is 5.69 Å². The van der Waals surface area contributed by atoms with Crippen LogP contribution in [-0.4, -0.2) is 45.8 Å². The first-order valence-electron chi connectivity index (χ1n) is 12.8. The van der Waals surface area contributed by atoms with Gasteiger partial charge in [-0.3, -0.25) is 18.9 Å². The molecule has 0 radical (unpaired) electrons. The van der Waals surface area contributed by atoms with E-state index in [2.05, 4.69) is 39.5 Å². The van der Waals surface area contributed by atoms with E-state index in [0.29, 0.717) is 18.8 Å². The van der Waals surface area contributed by atoms with Gasteiger partial charge in [0, 0.05) is 29.2 Å². The summed E-state index contributed by atoms with van der Waals surface area (Å²) in [5.41, 5.74) is 4.26. The Morgan fingerprint density at radius 3 is 2.62 bits per heavy atom. The van der Waals surface area contributed by atoms with Crippen LogP contribution in [-0.2, 0) is 17.8 Å². The summed E-state index contributed by atoms with van der Waals surface area (Å²) in [5.74, 6) is -0.572. The number of rotatable bonds is 10. The zero-order valence-electron chi connectivity index (χ0n) is 21.0. The monoisotopic (exact) mass is 501 g/mol. The molecular formula is C27H31N7O3. The molecule has 1 aliphatic carbocycles. The minimum atomic E-state index is -0.830. The number of nitrogens with zero attached hydrogens (tertiary/aromatic N) is 6. The molecule has 37 heavy (non-hydrogen) atoms. The molecule has 5 rings (SSSR count). The summed E-state index contributed by atoms with van der Waals surface area (Å²) in [7, 11) is 0. The van der Waals surface area contributed by atoms with E-state index < -0.39 is 11.9 Å². The van der Waals surface area contributed by atoms with Gasteiger partial charge in [-0.2, -0.15) is 0 Å². The summed E-state index contributed by atoms with van der Waals surface area (Å²) in [4.78, 5) is 30.0. The van der Waals surface area contributed by atoms with Crippen molar-refractivity contribution in [1.29, 1.82) is 0 Å². The van der Waals surface area contributed by atoms with E-state index in [1.165, 1.54) is 0 Å². The molecule has 1 saturated carbocycles. The average Bonchev–Trinajstić information content (AvgIpc) is 3.52. The van der Waals surface area contributed by atoms with E-state index in [4.69, 9.17) is 0 Å². The second kappa shape index (κ2) is 10.5. The number of hydrogen-bond acceptors (Lipinski definition) is 6. The number of tetrazole rings is 1. The quantitative estimate of drug-likeness (QED) is 0.336. The van der Waals surface area contributed by atoms with Crippen molar-refractivity contribution in [2.45, 2.75) is 58.5 Å². The highest BCUT2D eigenvalue weighted by molar-refractivity contribution is 5.79. The molecule has 0 bridgehead atoms. The van der Waals surface area contributed by atoms with Crippen LogP contribution in [0.2, 0.25) is 0 Å². The van der Waals surface area contributed by atoms with Gasteiger partial charge < -0.3 is 5.11 Å². The van der Waals surface area contributed by atoms with Crippen LogP contribution in [0.5, 0.6) is 0 Å². The average molecular weight is 502 g/mol. The fourth-order valence-corrected chi connectivity index (χ4v) is 5.36. The highest BCUT2D eigenvalue weighted by atomic mass is 16.4. The number of carboxylic acids is 1. The minimum Gasteiger partial charge on any atom is -0.481 e. The maximum atomic E-state index is 13.6. The Morgan fingerprint density at radius 2 is 1.97 bits per heavy atom. The van der Waals surface area contributed by atoms with Crippen molar-refractivity contribution in [3.63, 3.8) is 0 Å². The van der Waals surface area contributed by atoms with Crippen molar-refractivity contribution in [2.75, 3.05) is 0 Å². The van der Waals surface area contributed by atoms with E-state index in [1.54, 1.807) is 15.3 Å². The molecule has 0 amide bonds. The van der Waals surface area contributed by atoms with Gasteiger partial charge in [-0.1, -0.05) is 57.0 Å². The van der Waals surface area contributed by atoms with E-state index in [9.17, 15) is 14.7 Å². The first kappa shape index (κ1) is 24.6. The third kappa shape index (κ3) is 4.71. The Labute approximate surface area is 214 Å². The summed E-state index contributed by atoms with van der Waals surface area (Å²) in [6, 6.07) is 11.4. The summed E-state index contributed by atoms with van der Waals surface area (Å²) in [6.45, 7) is 4.50. The standard InChI is InChI=1S/C27H31N7O3/c1-3-5-8-20-16-34(24-17(4-2)13-23(24)26(35)36)27(37)33(20)15-19-12-11-18(14-28-19)21-9-6-7-10-22(21)25-29-31-32-30-25/h6-7,9-12,14,16-17,23-24H,3-5,8,13,15H2,1-2H3,(H,35,36)(H,29,30,31,32). The van der Waals surface area contributed by atoms with E-state index in [-0.39, 0.29) is 17.6 Å². The largest absolute Gasteiger partial charge is 0.481 e. The fraction of sp³-hybridized carbons (Fsp3) is 0.407. The van der Waals surface area contributed by atoms with Crippen LogP contribution in [0, 0.1) is 11.8 Å². The van der Waals surface area contributed by atoms with Crippen LogP contribution in [0.25, 0.3) is 22.5 Å². The molecule has 3 aromatic heterocycles. The predicted molar refractivity (Wildman–Crippen MR) is 138 cm³/mol. The number of carboxylic acid groups (broad SMARTS) is 1. The molecule has 4 aromatic rings. The Hall–Kier alpha value is -4.08. The zero-order chi connectivity index (χ0) is 25.9. The van der Waals surface area contributed by atoms with Gasteiger partial charge in [0.05, 0.1) is 24.2 Å². The molecule has 1 aliphatic rings. The summed E-state index contributed by atoms with van der Waals surface area (Å²) in [6.07, 6.45) is 7.87. The molecule has 10 heteroatoms. The number of aliphatic carboxylic acids is 1. The molecule has 0 spiro atoms. The Bertz CT molecular complexity index is 1420. The number of hydrogen-bond donors (Lipinski definition) is 2. The molecule has 0 aliphatic heterocycles. The number of aryl methyl sites for hydroxylation is 1. The van der Waals surface area contributed by atoms with Crippen molar-refractivity contribution in [3.05, 3.63) is 70.7 Å². The number of aromatic nitrogens is 7. The predicted octanol–water partition coefficient (Wildman–Crippen LogP) is 3.95. The lowest BCUT2D eigenvalue weighted by atomic mass is 9.68. The van der Waals surface area contributed by atoms with E-state index in [0.717, 1.165) is 53.8 Å². The molecule has 1 aromatic carbocycles. The van der Waals surface area contributed by atoms with Crippen molar-refractivity contribution in [1.82, 2.24) is 34.7 Å². The Balaban J connectivity index is 1.45. The van der Waals surface area contributed by atoms with Gasteiger partial charge in [0.2, 0.25) is 0 Å². The molecule has 3 heterocycles. The van der Waals surface area contributed by atoms with Gasteiger partial charge in [-0.05, 0) is 47.2 Å². The lowest BCUT2D eigenvalue weighted by Crippen LogP contribution is -2.46. The number of H-pyrrole nitrogens is 1. The second-order valence-electron chi connectivity index (χ2n) is 9.67. The highest BCUT2D eigenvalue weighted by Crippen LogP contribution is 2.45. The number of aromatic amines is 1. The fourth-order valence-electron chi connectivity index (χ4n) is 5.36. The van der Waals surface area contributed by atoms with E-state index in [1.807, 2.05) is 42.6 Å². The number of carbonyl (C=O) groups is 1. The molecular weight excluding hydrogens is 470 g/mol.